The number of hydrogen-bond donors (Lipinski definition) is 1. The Labute approximate surface area is 173 Å². The summed E-state index contributed by atoms with van der Waals surface area (Å²) in [6.07, 6.45) is 1.77. The van der Waals surface area contributed by atoms with Crippen LogP contribution in [0, 0.1) is 0 Å². The second-order valence-electron chi connectivity index (χ2n) is 7.31. The normalized spacial score (nSPS) is 14.6. The lowest BCUT2D eigenvalue weighted by Crippen LogP contribution is -2.43. The Morgan fingerprint density at radius 2 is 2.00 bits per heavy atom. The van der Waals surface area contributed by atoms with Crippen LogP contribution in [0.1, 0.15) is 0 Å². The predicted octanol–water partition coefficient (Wildman–Crippen LogP) is 2.26. The van der Waals surface area contributed by atoms with E-state index in [4.69, 9.17) is 9.15 Å². The van der Waals surface area contributed by atoms with Crippen molar-refractivity contribution in [3.63, 3.8) is 0 Å². The second kappa shape index (κ2) is 7.89. The number of para-hydroxylation sites is 1. The zero-order valence-corrected chi connectivity index (χ0v) is 16.8. The number of nitrogens with one attached hydrogen (secondary N) is 1. The first-order valence-corrected chi connectivity index (χ1v) is 10.1. The zero-order valence-electron chi connectivity index (χ0n) is 16.8. The summed E-state index contributed by atoms with van der Waals surface area (Å²) in [6.45, 7) is 4.57. The van der Waals surface area contributed by atoms with Crippen LogP contribution < -0.4 is 15.9 Å². The molecule has 0 radical (unpaired) electrons. The number of rotatable bonds is 5. The topological polar surface area (TPSA) is 85.4 Å². The number of piperazine rings is 1. The average Bonchev–Trinajstić information content (AvgIpc) is 3.18. The van der Waals surface area contributed by atoms with E-state index in [9.17, 15) is 4.79 Å². The predicted molar refractivity (Wildman–Crippen MR) is 116 cm³/mol. The number of methoxy groups -OCH3 is 1. The monoisotopic (exact) mass is 405 g/mol. The van der Waals surface area contributed by atoms with E-state index in [1.54, 1.807) is 17.9 Å². The largest absolute Gasteiger partial charge is 0.452 e. The lowest BCUT2D eigenvalue weighted by Gasteiger charge is -2.28. The van der Waals surface area contributed by atoms with Gasteiger partial charge in [-0.05, 0) is 24.3 Å². The van der Waals surface area contributed by atoms with Gasteiger partial charge in [-0.3, -0.25) is 4.57 Å². The Balaban J connectivity index is 1.65. The van der Waals surface area contributed by atoms with E-state index < -0.39 is 0 Å². The van der Waals surface area contributed by atoms with Gasteiger partial charge in [0.2, 0.25) is 0 Å². The highest BCUT2D eigenvalue weighted by Gasteiger charge is 2.20. The molecule has 154 valence electrons. The highest BCUT2D eigenvalue weighted by Crippen LogP contribution is 2.33. The van der Waals surface area contributed by atoms with Crippen molar-refractivity contribution in [1.82, 2.24) is 19.9 Å². The molecule has 1 saturated heterocycles. The molecule has 8 heteroatoms. The quantitative estimate of drug-likeness (QED) is 0.545. The van der Waals surface area contributed by atoms with Gasteiger partial charge in [-0.2, -0.15) is 4.98 Å². The number of fused-ring (bicyclic) bond motifs is 3. The van der Waals surface area contributed by atoms with Gasteiger partial charge < -0.3 is 19.4 Å². The Hall–Kier alpha value is -3.23. The molecule has 0 bridgehead atoms. The summed E-state index contributed by atoms with van der Waals surface area (Å²) >= 11 is 0. The van der Waals surface area contributed by atoms with Gasteiger partial charge in [0.1, 0.15) is 22.6 Å². The van der Waals surface area contributed by atoms with E-state index in [2.05, 4.69) is 20.2 Å². The number of pyridine rings is 1. The third kappa shape index (κ3) is 3.24. The van der Waals surface area contributed by atoms with Crippen molar-refractivity contribution in [3.05, 3.63) is 53.1 Å². The standard InChI is InChI=1S/C22H23N5O3/c1-29-13-12-27-20-16-4-2-3-5-17(16)30-21(20)19(25-22(27)28)15-6-7-18(24-14-15)26-10-8-23-9-11-26/h2-7,14,23H,8-13H2,1H3. The summed E-state index contributed by atoms with van der Waals surface area (Å²) < 4.78 is 13.0. The second-order valence-corrected chi connectivity index (χ2v) is 7.31. The molecule has 0 aliphatic carbocycles. The maximum Gasteiger partial charge on any atom is 0.348 e. The van der Waals surface area contributed by atoms with Gasteiger partial charge in [0, 0.05) is 50.4 Å². The molecule has 30 heavy (non-hydrogen) atoms. The Bertz CT molecular complexity index is 1240. The van der Waals surface area contributed by atoms with Crippen molar-refractivity contribution in [2.75, 3.05) is 44.8 Å². The van der Waals surface area contributed by atoms with Crippen LogP contribution in [0.3, 0.4) is 0 Å². The molecule has 0 saturated carbocycles. The smallest absolute Gasteiger partial charge is 0.348 e. The number of hydrogen-bond acceptors (Lipinski definition) is 7. The van der Waals surface area contributed by atoms with Gasteiger partial charge in [-0.1, -0.05) is 12.1 Å². The van der Waals surface area contributed by atoms with E-state index in [-0.39, 0.29) is 5.69 Å². The minimum atomic E-state index is -0.327. The Kier molecular flexibility index (Phi) is 4.94. The summed E-state index contributed by atoms with van der Waals surface area (Å²) in [6, 6.07) is 11.6. The van der Waals surface area contributed by atoms with Crippen molar-refractivity contribution in [3.8, 4) is 11.3 Å². The maximum atomic E-state index is 12.9. The number of aromatic nitrogens is 3. The molecule has 8 nitrogen and oxygen atoms in total. The highest BCUT2D eigenvalue weighted by atomic mass is 16.5. The Morgan fingerprint density at radius 3 is 2.77 bits per heavy atom. The number of benzene rings is 1. The molecule has 4 aromatic rings. The molecule has 1 aliphatic heterocycles. The van der Waals surface area contributed by atoms with Gasteiger partial charge in [-0.25, -0.2) is 9.78 Å². The molecule has 4 heterocycles. The van der Waals surface area contributed by atoms with Gasteiger partial charge in [0.05, 0.1) is 13.2 Å². The van der Waals surface area contributed by atoms with E-state index >= 15 is 0 Å². The molecule has 0 atom stereocenters. The summed E-state index contributed by atoms with van der Waals surface area (Å²) in [7, 11) is 1.61. The minimum Gasteiger partial charge on any atom is -0.452 e. The fourth-order valence-corrected chi connectivity index (χ4v) is 3.96. The van der Waals surface area contributed by atoms with Gasteiger partial charge in [0.25, 0.3) is 0 Å². The lowest BCUT2D eigenvalue weighted by molar-refractivity contribution is 0.187. The van der Waals surface area contributed by atoms with Crippen LogP contribution >= 0.6 is 0 Å². The first-order valence-electron chi connectivity index (χ1n) is 10.1. The van der Waals surface area contributed by atoms with Crippen LogP contribution in [0.15, 0.2) is 51.8 Å². The zero-order chi connectivity index (χ0) is 20.5. The first kappa shape index (κ1) is 18.8. The van der Waals surface area contributed by atoms with Crippen LogP contribution in [0.4, 0.5) is 5.82 Å². The highest BCUT2D eigenvalue weighted by molar-refractivity contribution is 6.06. The Morgan fingerprint density at radius 1 is 1.17 bits per heavy atom. The van der Waals surface area contributed by atoms with E-state index in [0.717, 1.165) is 54.0 Å². The number of furan rings is 1. The first-order chi connectivity index (χ1) is 14.8. The molecule has 1 aliphatic rings. The van der Waals surface area contributed by atoms with Gasteiger partial charge >= 0.3 is 5.69 Å². The summed E-state index contributed by atoms with van der Waals surface area (Å²) in [5.41, 5.74) is 2.99. The van der Waals surface area contributed by atoms with Gasteiger partial charge in [0.15, 0.2) is 5.58 Å². The van der Waals surface area contributed by atoms with Gasteiger partial charge in [-0.15, -0.1) is 0 Å². The molecule has 3 aromatic heterocycles. The van der Waals surface area contributed by atoms with Crippen molar-refractivity contribution >= 4 is 27.9 Å². The van der Waals surface area contributed by atoms with Crippen LogP contribution in [-0.4, -0.2) is 54.4 Å². The third-order valence-corrected chi connectivity index (χ3v) is 5.47. The van der Waals surface area contributed by atoms with Crippen molar-refractivity contribution < 1.29 is 9.15 Å². The van der Waals surface area contributed by atoms with Crippen LogP contribution in [-0.2, 0) is 11.3 Å². The van der Waals surface area contributed by atoms with Crippen LogP contribution in [0.2, 0.25) is 0 Å². The molecule has 1 aromatic carbocycles. The third-order valence-electron chi connectivity index (χ3n) is 5.47. The number of nitrogens with zero attached hydrogens (tertiary/aromatic N) is 4. The summed E-state index contributed by atoms with van der Waals surface area (Å²) in [5.74, 6) is 0.925. The van der Waals surface area contributed by atoms with Crippen molar-refractivity contribution in [2.45, 2.75) is 6.54 Å². The van der Waals surface area contributed by atoms with Crippen LogP contribution in [0.25, 0.3) is 33.3 Å². The summed E-state index contributed by atoms with van der Waals surface area (Å²) in [5, 5.41) is 4.23. The molecule has 1 fully saturated rings. The summed E-state index contributed by atoms with van der Waals surface area (Å²) in [4.78, 5) is 24.1. The van der Waals surface area contributed by atoms with Crippen molar-refractivity contribution in [1.29, 1.82) is 0 Å². The van der Waals surface area contributed by atoms with E-state index in [1.165, 1.54) is 0 Å². The molecular formula is C22H23N5O3. The van der Waals surface area contributed by atoms with Crippen LogP contribution in [0.5, 0.6) is 0 Å². The molecule has 1 N–H and O–H groups in total. The maximum absolute atomic E-state index is 12.9. The average molecular weight is 405 g/mol. The van der Waals surface area contributed by atoms with E-state index in [1.807, 2.05) is 36.4 Å². The molecule has 0 amide bonds. The number of anilines is 1. The fourth-order valence-electron chi connectivity index (χ4n) is 3.96. The fraction of sp³-hybridized carbons (Fsp3) is 0.318. The van der Waals surface area contributed by atoms with E-state index in [0.29, 0.717) is 24.4 Å². The lowest BCUT2D eigenvalue weighted by atomic mass is 10.1. The molecule has 5 rings (SSSR count). The molecule has 0 unspecified atom stereocenters. The minimum absolute atomic E-state index is 0.327. The number of ether oxygens (including phenoxy) is 1. The molecular weight excluding hydrogens is 382 g/mol. The van der Waals surface area contributed by atoms with Crippen molar-refractivity contribution in [2.24, 2.45) is 0 Å². The molecule has 0 spiro atoms. The SMILES string of the molecule is COCCn1c(=O)nc(-c2ccc(N3CCNCC3)nc2)c2oc3ccccc3c21.